The van der Waals surface area contributed by atoms with Crippen molar-refractivity contribution in [3.8, 4) is 22.8 Å². The number of ether oxygens (including phenoxy) is 1. The number of pyridine rings is 1. The summed E-state index contributed by atoms with van der Waals surface area (Å²) in [5.41, 5.74) is 2.09. The van der Waals surface area contributed by atoms with Gasteiger partial charge in [0.25, 0.3) is 5.56 Å². The van der Waals surface area contributed by atoms with Crippen LogP contribution in [0.25, 0.3) is 22.2 Å². The lowest BCUT2D eigenvalue weighted by Gasteiger charge is -2.15. The molecule has 4 N–H and O–H groups in total. The van der Waals surface area contributed by atoms with E-state index in [0.717, 1.165) is 36.2 Å². The van der Waals surface area contributed by atoms with Crippen LogP contribution < -0.4 is 15.6 Å². The first-order valence-electron chi connectivity index (χ1n) is 11.3. The molecule has 3 aromatic rings. The number of H-pyrrole nitrogens is 1. The van der Waals surface area contributed by atoms with Crippen LogP contribution >= 0.6 is 0 Å². The van der Waals surface area contributed by atoms with Gasteiger partial charge in [0.05, 0.1) is 17.8 Å². The number of carbonyl (C=O) groups is 1. The monoisotopic (exact) mass is 452 g/mol. The maximum Gasteiger partial charge on any atom is 0.345 e. The first-order chi connectivity index (χ1) is 15.9. The Hall–Kier alpha value is -3.30. The number of benzene rings is 1. The Kier molecular flexibility index (Phi) is 5.59. The van der Waals surface area contributed by atoms with Crippen molar-refractivity contribution in [1.29, 1.82) is 0 Å². The van der Waals surface area contributed by atoms with Gasteiger partial charge < -0.3 is 34.7 Å². The summed E-state index contributed by atoms with van der Waals surface area (Å²) in [6.07, 6.45) is 2.87. The van der Waals surface area contributed by atoms with Crippen molar-refractivity contribution < 1.29 is 19.7 Å². The van der Waals surface area contributed by atoms with Crippen molar-refractivity contribution in [3.63, 3.8) is 0 Å². The van der Waals surface area contributed by atoms with E-state index in [1.165, 1.54) is 25.9 Å². The van der Waals surface area contributed by atoms with Crippen LogP contribution in [-0.2, 0) is 20.0 Å². The molecular formula is C24H28N4O5. The average Bonchev–Trinajstić information content (AvgIpc) is 3.35. The van der Waals surface area contributed by atoms with E-state index in [4.69, 9.17) is 4.74 Å². The molecule has 0 bridgehead atoms. The van der Waals surface area contributed by atoms with Gasteiger partial charge in [0.2, 0.25) is 0 Å². The number of aromatic nitrogens is 2. The average molecular weight is 453 g/mol. The van der Waals surface area contributed by atoms with Crippen LogP contribution in [0.4, 0.5) is 0 Å². The van der Waals surface area contributed by atoms with Gasteiger partial charge in [0.15, 0.2) is 5.56 Å². The van der Waals surface area contributed by atoms with Crippen LogP contribution in [-0.4, -0.2) is 63.4 Å². The standard InChI is InChI=1S/C24H28N4O5/c1-27-15(13-25-5-8-28-6-2-3-7-28)10-14-11-17-19(12-18(14)27)33-9-4-16-21(17)26-23(30)20(22(16)29)24(31)32/h10-12,25H,2-9,13H2,1H3,(H,31,32)(H2,26,29,30). The SMILES string of the molecule is Cn1c(CNCCN2CCCC2)cc2cc3c(cc21)OCCc1c-3[nH]c(=O)c(C(=O)O)c1O. The summed E-state index contributed by atoms with van der Waals surface area (Å²) in [5.74, 6) is -1.36. The zero-order chi connectivity index (χ0) is 23.1. The van der Waals surface area contributed by atoms with Crippen molar-refractivity contribution >= 4 is 16.9 Å². The van der Waals surface area contributed by atoms with E-state index < -0.39 is 22.8 Å². The zero-order valence-electron chi connectivity index (χ0n) is 18.6. The molecule has 174 valence electrons. The van der Waals surface area contributed by atoms with Gasteiger partial charge >= 0.3 is 5.97 Å². The molecule has 0 unspecified atom stereocenters. The molecule has 9 nitrogen and oxygen atoms in total. The molecular weight excluding hydrogens is 424 g/mol. The molecule has 2 aliphatic rings. The fourth-order valence-corrected chi connectivity index (χ4v) is 4.93. The van der Waals surface area contributed by atoms with Gasteiger partial charge in [-0.1, -0.05) is 0 Å². The number of hydrogen-bond acceptors (Lipinski definition) is 6. The van der Waals surface area contributed by atoms with E-state index in [0.29, 0.717) is 22.6 Å². The normalized spacial score (nSPS) is 15.8. The summed E-state index contributed by atoms with van der Waals surface area (Å²) in [4.78, 5) is 29.0. The van der Waals surface area contributed by atoms with Crippen LogP contribution in [0, 0.1) is 0 Å². The molecule has 0 saturated carbocycles. The van der Waals surface area contributed by atoms with Crippen LogP contribution in [0.3, 0.4) is 0 Å². The number of aromatic carboxylic acids is 1. The van der Waals surface area contributed by atoms with E-state index in [2.05, 4.69) is 25.8 Å². The number of aromatic hydroxyl groups is 1. The fourth-order valence-electron chi connectivity index (χ4n) is 4.93. The number of nitrogens with one attached hydrogen (secondary N) is 2. The maximum absolute atomic E-state index is 12.4. The van der Waals surface area contributed by atoms with Gasteiger partial charge in [-0.05, 0) is 38.1 Å². The quantitative estimate of drug-likeness (QED) is 0.423. The van der Waals surface area contributed by atoms with E-state index in [-0.39, 0.29) is 13.0 Å². The number of rotatable bonds is 6. The Morgan fingerprint density at radius 3 is 2.79 bits per heavy atom. The van der Waals surface area contributed by atoms with Gasteiger partial charge in [0, 0.05) is 61.4 Å². The van der Waals surface area contributed by atoms with Crippen molar-refractivity contribution in [2.75, 3.05) is 32.8 Å². The maximum atomic E-state index is 12.4. The number of nitrogens with zero attached hydrogens (tertiary/aromatic N) is 2. The summed E-state index contributed by atoms with van der Waals surface area (Å²) in [6.45, 7) is 5.36. The van der Waals surface area contributed by atoms with Crippen LogP contribution in [0.2, 0.25) is 0 Å². The molecule has 0 amide bonds. The number of fused-ring (bicyclic) bond motifs is 4. The third-order valence-electron chi connectivity index (χ3n) is 6.74. The van der Waals surface area contributed by atoms with E-state index in [1.807, 2.05) is 19.2 Å². The number of carboxylic acid groups (broad SMARTS) is 1. The molecule has 0 radical (unpaired) electrons. The third-order valence-corrected chi connectivity index (χ3v) is 6.74. The van der Waals surface area contributed by atoms with Crippen molar-refractivity contribution in [2.45, 2.75) is 25.8 Å². The number of carboxylic acids is 1. The molecule has 4 heterocycles. The van der Waals surface area contributed by atoms with E-state index in [1.54, 1.807) is 0 Å². The van der Waals surface area contributed by atoms with Crippen molar-refractivity contribution in [1.82, 2.24) is 19.8 Å². The predicted octanol–water partition coefficient (Wildman–Crippen LogP) is 2.06. The number of likely N-dealkylation sites (tertiary alicyclic amines) is 1. The smallest absolute Gasteiger partial charge is 0.345 e. The van der Waals surface area contributed by atoms with Gasteiger partial charge in [-0.3, -0.25) is 4.79 Å². The van der Waals surface area contributed by atoms with Gasteiger partial charge in [-0.25, -0.2) is 4.79 Å². The van der Waals surface area contributed by atoms with Crippen LogP contribution in [0.1, 0.15) is 34.5 Å². The summed E-state index contributed by atoms with van der Waals surface area (Å²) in [5, 5.41) is 24.3. The Bertz CT molecular complexity index is 1290. The second kappa shape index (κ2) is 8.57. The Morgan fingerprint density at radius 1 is 1.24 bits per heavy atom. The summed E-state index contributed by atoms with van der Waals surface area (Å²) in [7, 11) is 2.02. The molecule has 2 aromatic heterocycles. The van der Waals surface area contributed by atoms with Crippen LogP contribution in [0.15, 0.2) is 23.0 Å². The van der Waals surface area contributed by atoms with Gasteiger partial charge in [0.1, 0.15) is 11.5 Å². The molecule has 0 spiro atoms. The fraction of sp³-hybridized carbons (Fsp3) is 0.417. The molecule has 33 heavy (non-hydrogen) atoms. The highest BCUT2D eigenvalue weighted by Crippen LogP contribution is 2.40. The van der Waals surface area contributed by atoms with Gasteiger partial charge in [-0.15, -0.1) is 0 Å². The summed E-state index contributed by atoms with van der Waals surface area (Å²) < 4.78 is 8.07. The Morgan fingerprint density at radius 2 is 2.03 bits per heavy atom. The lowest BCUT2D eigenvalue weighted by Crippen LogP contribution is -2.30. The minimum atomic E-state index is -1.46. The zero-order valence-corrected chi connectivity index (χ0v) is 18.6. The predicted molar refractivity (Wildman–Crippen MR) is 124 cm³/mol. The molecule has 1 saturated heterocycles. The molecule has 1 fully saturated rings. The second-order valence-electron chi connectivity index (χ2n) is 8.76. The number of hydrogen-bond donors (Lipinski definition) is 4. The van der Waals surface area contributed by atoms with E-state index >= 15 is 0 Å². The first-order valence-corrected chi connectivity index (χ1v) is 11.3. The lowest BCUT2D eigenvalue weighted by atomic mass is 9.99. The van der Waals surface area contributed by atoms with Gasteiger partial charge in [-0.2, -0.15) is 0 Å². The molecule has 0 aliphatic carbocycles. The third kappa shape index (κ3) is 3.87. The topological polar surface area (TPSA) is 120 Å². The summed E-state index contributed by atoms with van der Waals surface area (Å²) >= 11 is 0. The molecule has 9 heteroatoms. The highest BCUT2D eigenvalue weighted by atomic mass is 16.5. The van der Waals surface area contributed by atoms with Crippen molar-refractivity contribution in [3.05, 3.63) is 45.4 Å². The highest BCUT2D eigenvalue weighted by Gasteiger charge is 2.26. The minimum absolute atomic E-state index is 0.263. The second-order valence-corrected chi connectivity index (χ2v) is 8.76. The number of aromatic amines is 1. The minimum Gasteiger partial charge on any atom is -0.506 e. The molecule has 1 aromatic carbocycles. The Balaban J connectivity index is 1.47. The van der Waals surface area contributed by atoms with Crippen molar-refractivity contribution in [2.24, 2.45) is 7.05 Å². The Labute approximate surface area is 190 Å². The largest absolute Gasteiger partial charge is 0.506 e. The van der Waals surface area contributed by atoms with E-state index in [9.17, 15) is 19.8 Å². The molecule has 0 atom stereocenters. The van der Waals surface area contributed by atoms with Crippen LogP contribution in [0.5, 0.6) is 11.5 Å². The highest BCUT2D eigenvalue weighted by molar-refractivity contribution is 5.94. The molecule has 2 aliphatic heterocycles. The first kappa shape index (κ1) is 21.5. The molecule has 5 rings (SSSR count). The summed E-state index contributed by atoms with van der Waals surface area (Å²) in [6, 6.07) is 5.97. The number of aryl methyl sites for hydroxylation is 1. The lowest BCUT2D eigenvalue weighted by molar-refractivity contribution is 0.0691.